The number of hydrogen-bond acceptors (Lipinski definition) is 5. The SMILES string of the molecule is CCCN(CCc1ccccn1)C(=O)c1cnc(C(=O)O)cn1. The molecule has 0 radical (unpaired) electrons. The van der Waals surface area contributed by atoms with Gasteiger partial charge in [-0.2, -0.15) is 0 Å². The van der Waals surface area contributed by atoms with Crippen LogP contribution in [0.2, 0.25) is 0 Å². The molecule has 0 aliphatic carbocycles. The summed E-state index contributed by atoms with van der Waals surface area (Å²) in [6.45, 7) is 3.10. The fourth-order valence-corrected chi connectivity index (χ4v) is 2.09. The highest BCUT2D eigenvalue weighted by Gasteiger charge is 2.17. The van der Waals surface area contributed by atoms with Crippen molar-refractivity contribution in [2.24, 2.45) is 0 Å². The Hall–Kier alpha value is -2.83. The molecule has 0 unspecified atom stereocenters. The number of pyridine rings is 1. The lowest BCUT2D eigenvalue weighted by atomic mass is 10.2. The van der Waals surface area contributed by atoms with Gasteiger partial charge in [0.15, 0.2) is 5.69 Å². The van der Waals surface area contributed by atoms with Crippen molar-refractivity contribution < 1.29 is 14.7 Å². The van der Waals surface area contributed by atoms with Crippen molar-refractivity contribution in [1.82, 2.24) is 19.9 Å². The number of carbonyl (C=O) groups excluding carboxylic acids is 1. The van der Waals surface area contributed by atoms with Crippen molar-refractivity contribution in [3.63, 3.8) is 0 Å². The second kappa shape index (κ2) is 7.98. The quantitative estimate of drug-likeness (QED) is 0.835. The molecule has 2 rings (SSSR count). The summed E-state index contributed by atoms with van der Waals surface area (Å²) in [7, 11) is 0. The summed E-state index contributed by atoms with van der Waals surface area (Å²) >= 11 is 0. The third-order valence-electron chi connectivity index (χ3n) is 3.23. The average molecular weight is 314 g/mol. The van der Waals surface area contributed by atoms with Crippen LogP contribution in [0, 0.1) is 0 Å². The van der Waals surface area contributed by atoms with Crippen molar-refractivity contribution in [1.29, 1.82) is 0 Å². The number of aromatic carboxylic acids is 1. The minimum absolute atomic E-state index is 0.143. The Morgan fingerprint density at radius 2 is 1.83 bits per heavy atom. The molecular formula is C16H18N4O3. The Labute approximate surface area is 134 Å². The van der Waals surface area contributed by atoms with E-state index in [2.05, 4.69) is 15.0 Å². The Kier molecular flexibility index (Phi) is 5.74. The second-order valence-corrected chi connectivity index (χ2v) is 4.96. The number of rotatable bonds is 7. The van der Waals surface area contributed by atoms with Gasteiger partial charge in [0.2, 0.25) is 0 Å². The molecule has 7 nitrogen and oxygen atoms in total. The highest BCUT2D eigenvalue weighted by atomic mass is 16.4. The van der Waals surface area contributed by atoms with Gasteiger partial charge in [-0.1, -0.05) is 13.0 Å². The molecule has 2 aromatic heterocycles. The van der Waals surface area contributed by atoms with Crippen LogP contribution >= 0.6 is 0 Å². The van der Waals surface area contributed by atoms with E-state index in [-0.39, 0.29) is 17.3 Å². The predicted molar refractivity (Wildman–Crippen MR) is 83.1 cm³/mol. The molecule has 0 saturated heterocycles. The fraction of sp³-hybridized carbons (Fsp3) is 0.312. The van der Waals surface area contributed by atoms with E-state index in [1.165, 1.54) is 6.20 Å². The lowest BCUT2D eigenvalue weighted by Gasteiger charge is -2.21. The van der Waals surface area contributed by atoms with Gasteiger partial charge in [-0.05, 0) is 18.6 Å². The first-order chi connectivity index (χ1) is 11.1. The fourth-order valence-electron chi connectivity index (χ4n) is 2.09. The summed E-state index contributed by atoms with van der Waals surface area (Å²) in [6.07, 6.45) is 5.48. The van der Waals surface area contributed by atoms with Crippen molar-refractivity contribution in [3.8, 4) is 0 Å². The maximum absolute atomic E-state index is 12.5. The second-order valence-electron chi connectivity index (χ2n) is 4.96. The van der Waals surface area contributed by atoms with Crippen LogP contribution in [-0.4, -0.2) is 49.9 Å². The summed E-state index contributed by atoms with van der Waals surface area (Å²) in [5, 5.41) is 8.81. The van der Waals surface area contributed by atoms with Crippen molar-refractivity contribution in [3.05, 3.63) is 53.9 Å². The van der Waals surface area contributed by atoms with Crippen molar-refractivity contribution in [2.75, 3.05) is 13.1 Å². The zero-order valence-electron chi connectivity index (χ0n) is 12.8. The first kappa shape index (κ1) is 16.5. The first-order valence-corrected chi connectivity index (χ1v) is 7.36. The van der Waals surface area contributed by atoms with Gasteiger partial charge in [0.05, 0.1) is 12.4 Å². The molecule has 0 aromatic carbocycles. The molecule has 120 valence electrons. The lowest BCUT2D eigenvalue weighted by molar-refractivity contribution is 0.0685. The van der Waals surface area contributed by atoms with Gasteiger partial charge in [0.1, 0.15) is 5.69 Å². The number of hydrogen-bond donors (Lipinski definition) is 1. The van der Waals surface area contributed by atoms with Gasteiger partial charge in [0.25, 0.3) is 5.91 Å². The average Bonchev–Trinajstić information content (AvgIpc) is 2.59. The predicted octanol–water partition coefficient (Wildman–Crippen LogP) is 1.66. The molecule has 0 fully saturated rings. The van der Waals surface area contributed by atoms with E-state index in [1.54, 1.807) is 11.1 Å². The Bertz CT molecular complexity index is 659. The topological polar surface area (TPSA) is 96.3 Å². The molecule has 7 heteroatoms. The van der Waals surface area contributed by atoms with E-state index in [1.807, 2.05) is 25.1 Å². The summed E-state index contributed by atoms with van der Waals surface area (Å²) in [5.74, 6) is -1.43. The van der Waals surface area contributed by atoms with Crippen LogP contribution in [0.15, 0.2) is 36.8 Å². The Morgan fingerprint density at radius 1 is 1.09 bits per heavy atom. The summed E-state index contributed by atoms with van der Waals surface area (Å²) in [6, 6.07) is 5.67. The van der Waals surface area contributed by atoms with Gasteiger partial charge in [-0.3, -0.25) is 9.78 Å². The van der Waals surface area contributed by atoms with Crippen molar-refractivity contribution >= 4 is 11.9 Å². The normalized spacial score (nSPS) is 10.3. The standard InChI is InChI=1S/C16H18N4O3/c1-2-8-20(9-6-12-5-3-4-7-17-12)15(21)13-10-19-14(11-18-13)16(22)23/h3-5,7,10-11H,2,6,8-9H2,1H3,(H,22,23). The minimum Gasteiger partial charge on any atom is -0.476 e. The lowest BCUT2D eigenvalue weighted by Crippen LogP contribution is -2.34. The molecule has 2 aromatic rings. The highest BCUT2D eigenvalue weighted by Crippen LogP contribution is 2.05. The van der Waals surface area contributed by atoms with E-state index < -0.39 is 5.97 Å². The number of carboxylic acid groups (broad SMARTS) is 1. The molecule has 0 aliphatic heterocycles. The van der Waals surface area contributed by atoms with E-state index in [9.17, 15) is 9.59 Å². The zero-order valence-corrected chi connectivity index (χ0v) is 12.8. The van der Waals surface area contributed by atoms with E-state index in [0.717, 1.165) is 18.3 Å². The van der Waals surface area contributed by atoms with E-state index in [4.69, 9.17) is 5.11 Å². The van der Waals surface area contributed by atoms with Crippen molar-refractivity contribution in [2.45, 2.75) is 19.8 Å². The molecule has 0 aliphatic rings. The summed E-state index contributed by atoms with van der Waals surface area (Å²) in [4.78, 5) is 36.8. The monoisotopic (exact) mass is 314 g/mol. The number of carboxylic acids is 1. The Balaban J connectivity index is 2.06. The van der Waals surface area contributed by atoms with Gasteiger partial charge < -0.3 is 10.0 Å². The van der Waals surface area contributed by atoms with Crippen LogP contribution in [0.4, 0.5) is 0 Å². The highest BCUT2D eigenvalue weighted by molar-refractivity contribution is 5.92. The molecule has 0 atom stereocenters. The molecule has 0 bridgehead atoms. The van der Waals surface area contributed by atoms with Gasteiger partial charge in [-0.25, -0.2) is 14.8 Å². The minimum atomic E-state index is -1.17. The number of nitrogens with zero attached hydrogens (tertiary/aromatic N) is 4. The maximum Gasteiger partial charge on any atom is 0.356 e. The number of amides is 1. The van der Waals surface area contributed by atoms with Crippen LogP contribution in [0.3, 0.4) is 0 Å². The third kappa shape index (κ3) is 4.57. The van der Waals surface area contributed by atoms with Crippen LogP contribution in [0.1, 0.15) is 40.0 Å². The van der Waals surface area contributed by atoms with Gasteiger partial charge in [-0.15, -0.1) is 0 Å². The molecule has 0 saturated carbocycles. The Morgan fingerprint density at radius 3 is 2.39 bits per heavy atom. The molecule has 23 heavy (non-hydrogen) atoms. The number of aromatic nitrogens is 3. The maximum atomic E-state index is 12.5. The molecule has 1 amide bonds. The third-order valence-corrected chi connectivity index (χ3v) is 3.23. The van der Waals surface area contributed by atoms with Crippen LogP contribution < -0.4 is 0 Å². The van der Waals surface area contributed by atoms with E-state index in [0.29, 0.717) is 19.5 Å². The molecular weight excluding hydrogens is 296 g/mol. The molecule has 2 heterocycles. The first-order valence-electron chi connectivity index (χ1n) is 7.36. The summed E-state index contributed by atoms with van der Waals surface area (Å²) < 4.78 is 0. The largest absolute Gasteiger partial charge is 0.476 e. The van der Waals surface area contributed by atoms with E-state index >= 15 is 0 Å². The van der Waals surface area contributed by atoms with Crippen LogP contribution in [0.5, 0.6) is 0 Å². The zero-order chi connectivity index (χ0) is 16.7. The summed E-state index contributed by atoms with van der Waals surface area (Å²) in [5.41, 5.74) is 0.871. The van der Waals surface area contributed by atoms with Gasteiger partial charge >= 0.3 is 5.97 Å². The van der Waals surface area contributed by atoms with Crippen LogP contribution in [0.25, 0.3) is 0 Å². The molecule has 0 spiro atoms. The smallest absolute Gasteiger partial charge is 0.356 e. The van der Waals surface area contributed by atoms with Crippen LogP contribution in [-0.2, 0) is 6.42 Å². The molecule has 1 N–H and O–H groups in total. The van der Waals surface area contributed by atoms with Gasteiger partial charge in [0, 0.05) is 31.4 Å². The number of carbonyl (C=O) groups is 2.